The average molecular weight is 374 g/mol. The third-order valence-electron chi connectivity index (χ3n) is 4.45. The number of guanidine groups is 1. The van der Waals surface area contributed by atoms with Gasteiger partial charge in [-0.2, -0.15) is 0 Å². The molecule has 3 rings (SSSR count). The number of hydrogen-bond acceptors (Lipinski definition) is 3. The fourth-order valence-electron chi connectivity index (χ4n) is 2.80. The first-order chi connectivity index (χ1) is 13.8. The molecule has 0 unspecified atom stereocenters. The molecule has 0 spiro atoms. The van der Waals surface area contributed by atoms with E-state index in [1.54, 1.807) is 13.2 Å². The van der Waals surface area contributed by atoms with Crippen molar-refractivity contribution in [1.82, 2.24) is 15.6 Å². The third kappa shape index (κ3) is 5.58. The summed E-state index contributed by atoms with van der Waals surface area (Å²) in [6, 6.07) is 22.3. The third-order valence-corrected chi connectivity index (χ3v) is 4.45. The summed E-state index contributed by atoms with van der Waals surface area (Å²) in [6.07, 6.45) is 1.75. The van der Waals surface area contributed by atoms with E-state index in [2.05, 4.69) is 39.7 Å². The summed E-state index contributed by atoms with van der Waals surface area (Å²) >= 11 is 0. The van der Waals surface area contributed by atoms with Crippen LogP contribution in [0.5, 0.6) is 5.88 Å². The molecule has 0 radical (unpaired) electrons. The van der Waals surface area contributed by atoms with Gasteiger partial charge in [-0.25, -0.2) is 4.98 Å². The van der Waals surface area contributed by atoms with Crippen LogP contribution >= 0.6 is 0 Å². The molecule has 0 aliphatic rings. The Balaban J connectivity index is 1.56. The van der Waals surface area contributed by atoms with Crippen molar-refractivity contribution in [3.8, 4) is 5.88 Å². The van der Waals surface area contributed by atoms with Gasteiger partial charge in [0, 0.05) is 31.9 Å². The molecule has 0 fully saturated rings. The summed E-state index contributed by atoms with van der Waals surface area (Å²) in [4.78, 5) is 8.68. The summed E-state index contributed by atoms with van der Waals surface area (Å²) in [5, 5.41) is 6.68. The number of nitrogens with zero attached hydrogens (tertiary/aromatic N) is 2. The Morgan fingerprint density at radius 2 is 1.57 bits per heavy atom. The molecule has 0 aliphatic heterocycles. The number of rotatable bonds is 7. The van der Waals surface area contributed by atoms with Crippen LogP contribution in [0.1, 0.15) is 22.3 Å². The van der Waals surface area contributed by atoms with E-state index in [9.17, 15) is 0 Å². The first-order valence-corrected chi connectivity index (χ1v) is 9.36. The van der Waals surface area contributed by atoms with Crippen LogP contribution in [0.15, 0.2) is 77.9 Å². The molecule has 0 aliphatic carbocycles. The van der Waals surface area contributed by atoms with Crippen molar-refractivity contribution >= 4 is 5.96 Å². The molecule has 5 nitrogen and oxygen atoms in total. The standard InChI is InChI=1S/C23H26N4O/c1-18-9-6-7-12-20(18)15-26-23(24-2)27-16-21-13-8-14-25-22(21)28-17-19-10-4-3-5-11-19/h3-14H,15-17H2,1-2H3,(H2,24,26,27). The monoisotopic (exact) mass is 374 g/mol. The first-order valence-electron chi connectivity index (χ1n) is 9.36. The highest BCUT2D eigenvalue weighted by atomic mass is 16.5. The van der Waals surface area contributed by atoms with Crippen molar-refractivity contribution < 1.29 is 4.74 Å². The van der Waals surface area contributed by atoms with Gasteiger partial charge in [-0.3, -0.25) is 4.99 Å². The number of hydrogen-bond donors (Lipinski definition) is 2. The topological polar surface area (TPSA) is 58.5 Å². The van der Waals surface area contributed by atoms with Crippen molar-refractivity contribution in [2.75, 3.05) is 7.05 Å². The Bertz CT molecular complexity index is 909. The van der Waals surface area contributed by atoms with Crippen molar-refractivity contribution in [2.45, 2.75) is 26.6 Å². The van der Waals surface area contributed by atoms with Crippen molar-refractivity contribution in [3.63, 3.8) is 0 Å². The van der Waals surface area contributed by atoms with E-state index < -0.39 is 0 Å². The van der Waals surface area contributed by atoms with Gasteiger partial charge in [0.25, 0.3) is 0 Å². The van der Waals surface area contributed by atoms with Crippen LogP contribution in [0, 0.1) is 6.92 Å². The van der Waals surface area contributed by atoms with Crippen LogP contribution < -0.4 is 15.4 Å². The zero-order valence-corrected chi connectivity index (χ0v) is 16.4. The molecule has 2 N–H and O–H groups in total. The van der Waals surface area contributed by atoms with E-state index >= 15 is 0 Å². The second-order valence-corrected chi connectivity index (χ2v) is 6.45. The summed E-state index contributed by atoms with van der Waals surface area (Å²) in [5.74, 6) is 1.37. The highest BCUT2D eigenvalue weighted by Crippen LogP contribution is 2.16. The Hall–Kier alpha value is -3.34. The van der Waals surface area contributed by atoms with Crippen LogP contribution in [0.3, 0.4) is 0 Å². The minimum atomic E-state index is 0.491. The number of aryl methyl sites for hydroxylation is 1. The van der Waals surface area contributed by atoms with E-state index in [1.165, 1.54) is 11.1 Å². The molecule has 28 heavy (non-hydrogen) atoms. The lowest BCUT2D eigenvalue weighted by Gasteiger charge is -2.15. The lowest BCUT2D eigenvalue weighted by molar-refractivity contribution is 0.290. The number of nitrogens with one attached hydrogen (secondary N) is 2. The van der Waals surface area contributed by atoms with Gasteiger partial charge in [0.2, 0.25) is 5.88 Å². The molecular formula is C23H26N4O. The second kappa shape index (κ2) is 10.1. The van der Waals surface area contributed by atoms with Crippen LogP contribution in [-0.2, 0) is 19.7 Å². The lowest BCUT2D eigenvalue weighted by Crippen LogP contribution is -2.36. The van der Waals surface area contributed by atoms with Crippen LogP contribution in [-0.4, -0.2) is 18.0 Å². The van der Waals surface area contributed by atoms with Gasteiger partial charge >= 0.3 is 0 Å². The van der Waals surface area contributed by atoms with Gasteiger partial charge in [0.15, 0.2) is 5.96 Å². The second-order valence-electron chi connectivity index (χ2n) is 6.45. The lowest BCUT2D eigenvalue weighted by atomic mass is 10.1. The Kier molecular flexibility index (Phi) is 7.01. The van der Waals surface area contributed by atoms with Crippen molar-refractivity contribution in [1.29, 1.82) is 0 Å². The van der Waals surface area contributed by atoms with Gasteiger partial charge in [-0.15, -0.1) is 0 Å². The molecule has 0 bridgehead atoms. The first kappa shape index (κ1) is 19.4. The fraction of sp³-hybridized carbons (Fsp3) is 0.217. The van der Waals surface area contributed by atoms with Gasteiger partial charge in [0.1, 0.15) is 6.61 Å². The minimum Gasteiger partial charge on any atom is -0.473 e. The Morgan fingerprint density at radius 1 is 0.893 bits per heavy atom. The summed E-state index contributed by atoms with van der Waals surface area (Å²) < 4.78 is 5.92. The number of ether oxygens (including phenoxy) is 1. The zero-order chi connectivity index (χ0) is 19.6. The summed E-state index contributed by atoms with van der Waals surface area (Å²) in [6.45, 7) is 3.90. The molecule has 0 amide bonds. The van der Waals surface area contributed by atoms with Crippen LogP contribution in [0.2, 0.25) is 0 Å². The molecule has 1 aromatic heterocycles. The van der Waals surface area contributed by atoms with Crippen LogP contribution in [0.4, 0.5) is 0 Å². The SMILES string of the molecule is CN=C(NCc1ccccc1C)NCc1cccnc1OCc1ccccc1. The molecule has 5 heteroatoms. The highest BCUT2D eigenvalue weighted by Gasteiger charge is 2.07. The largest absolute Gasteiger partial charge is 0.473 e. The molecule has 2 aromatic carbocycles. The maximum absolute atomic E-state index is 5.92. The summed E-state index contributed by atoms with van der Waals surface area (Å²) in [5.41, 5.74) is 4.60. The van der Waals surface area contributed by atoms with Crippen molar-refractivity contribution in [2.24, 2.45) is 4.99 Å². The van der Waals surface area contributed by atoms with Gasteiger partial charge < -0.3 is 15.4 Å². The molecule has 144 valence electrons. The quantitative estimate of drug-likeness (QED) is 0.487. The number of aliphatic imine (C=N–C) groups is 1. The highest BCUT2D eigenvalue weighted by molar-refractivity contribution is 5.79. The predicted molar refractivity (Wildman–Crippen MR) is 113 cm³/mol. The molecule has 0 saturated carbocycles. The summed E-state index contributed by atoms with van der Waals surface area (Å²) in [7, 11) is 1.77. The zero-order valence-electron chi connectivity index (χ0n) is 16.4. The van der Waals surface area contributed by atoms with E-state index in [1.807, 2.05) is 54.6 Å². The molecule has 0 atom stereocenters. The molecular weight excluding hydrogens is 348 g/mol. The number of benzene rings is 2. The minimum absolute atomic E-state index is 0.491. The molecule has 1 heterocycles. The van der Waals surface area contributed by atoms with E-state index in [0.29, 0.717) is 19.0 Å². The van der Waals surface area contributed by atoms with Gasteiger partial charge in [-0.1, -0.05) is 60.7 Å². The maximum atomic E-state index is 5.92. The average Bonchev–Trinajstić information content (AvgIpc) is 2.75. The predicted octanol–water partition coefficient (Wildman–Crippen LogP) is 3.83. The molecule has 3 aromatic rings. The van der Waals surface area contributed by atoms with Gasteiger partial charge in [0.05, 0.1) is 0 Å². The Morgan fingerprint density at radius 3 is 2.32 bits per heavy atom. The maximum Gasteiger partial charge on any atom is 0.218 e. The smallest absolute Gasteiger partial charge is 0.218 e. The normalized spacial score (nSPS) is 11.1. The van der Waals surface area contributed by atoms with Gasteiger partial charge in [-0.05, 0) is 29.7 Å². The Labute approximate surface area is 166 Å². The van der Waals surface area contributed by atoms with E-state index in [4.69, 9.17) is 4.74 Å². The number of aromatic nitrogens is 1. The fourth-order valence-corrected chi connectivity index (χ4v) is 2.80. The van der Waals surface area contributed by atoms with E-state index in [0.717, 1.165) is 23.6 Å². The van der Waals surface area contributed by atoms with E-state index in [-0.39, 0.29) is 0 Å². The van der Waals surface area contributed by atoms with Crippen molar-refractivity contribution in [3.05, 3.63) is 95.2 Å². The van der Waals surface area contributed by atoms with Crippen LogP contribution in [0.25, 0.3) is 0 Å². The number of pyridine rings is 1. The molecule has 0 saturated heterocycles.